The molecule has 11 heteroatoms. The summed E-state index contributed by atoms with van der Waals surface area (Å²) in [6.07, 6.45) is 4.95. The first-order valence-corrected chi connectivity index (χ1v) is 11.2. The maximum absolute atomic E-state index is 12.8. The second-order valence-corrected chi connectivity index (χ2v) is 8.97. The van der Waals surface area contributed by atoms with E-state index in [1.165, 1.54) is 28.5 Å². The zero-order valence-corrected chi connectivity index (χ0v) is 18.4. The number of nitrogens with one attached hydrogen (secondary N) is 1. The van der Waals surface area contributed by atoms with Gasteiger partial charge in [-0.1, -0.05) is 29.0 Å². The number of nitrogens with zero attached hydrogens (tertiary/aromatic N) is 6. The Balaban J connectivity index is 1.43. The Kier molecular flexibility index (Phi) is 5.11. The average Bonchev–Trinajstić information content (AvgIpc) is 3.33. The number of fused-ring (bicyclic) bond motifs is 3. The van der Waals surface area contributed by atoms with Gasteiger partial charge in [-0.2, -0.15) is 4.98 Å². The van der Waals surface area contributed by atoms with E-state index in [-0.39, 0.29) is 12.5 Å². The summed E-state index contributed by atoms with van der Waals surface area (Å²) in [6.45, 7) is 3.61. The van der Waals surface area contributed by atoms with Crippen LogP contribution in [-0.4, -0.2) is 43.1 Å². The molecule has 4 aromatic rings. The maximum Gasteiger partial charge on any atom is 0.352 e. The fraction of sp³-hybridized carbons (Fsp3) is 0.350. The van der Waals surface area contributed by atoms with E-state index in [0.29, 0.717) is 22.0 Å². The monoisotopic (exact) mass is 457 g/mol. The zero-order chi connectivity index (χ0) is 21.5. The van der Waals surface area contributed by atoms with Crippen molar-refractivity contribution in [3.05, 3.63) is 45.6 Å². The van der Waals surface area contributed by atoms with Gasteiger partial charge in [0, 0.05) is 23.8 Å². The molecule has 1 aliphatic heterocycles. The summed E-state index contributed by atoms with van der Waals surface area (Å²) in [5.41, 5.74) is 2.08. The summed E-state index contributed by atoms with van der Waals surface area (Å²) in [5, 5.41) is 8.61. The molecule has 9 nitrogen and oxygen atoms in total. The van der Waals surface area contributed by atoms with E-state index >= 15 is 0 Å². The SMILES string of the molecule is Cc1ccc(NC(=O)Cn2nc3c4sc(N5CCCCC5)nc4ncn3c2=O)cc1Cl. The number of amides is 1. The van der Waals surface area contributed by atoms with E-state index in [4.69, 9.17) is 11.6 Å². The van der Waals surface area contributed by atoms with Crippen molar-refractivity contribution in [1.29, 1.82) is 0 Å². The first kappa shape index (κ1) is 20.0. The molecular weight excluding hydrogens is 438 g/mol. The van der Waals surface area contributed by atoms with Crippen molar-refractivity contribution in [2.24, 2.45) is 0 Å². The lowest BCUT2D eigenvalue weighted by Crippen LogP contribution is -2.29. The highest BCUT2D eigenvalue weighted by molar-refractivity contribution is 7.22. The number of benzene rings is 1. The third-order valence-electron chi connectivity index (χ3n) is 5.34. The Morgan fingerprint density at radius 3 is 2.84 bits per heavy atom. The topological polar surface area (TPSA) is 97.4 Å². The van der Waals surface area contributed by atoms with Gasteiger partial charge in [0.25, 0.3) is 0 Å². The van der Waals surface area contributed by atoms with Gasteiger partial charge in [-0.3, -0.25) is 4.79 Å². The number of hydrogen-bond acceptors (Lipinski definition) is 7. The molecule has 5 rings (SSSR count). The van der Waals surface area contributed by atoms with Crippen molar-refractivity contribution in [3.63, 3.8) is 0 Å². The van der Waals surface area contributed by atoms with Crippen LogP contribution in [0.2, 0.25) is 5.02 Å². The second-order valence-electron chi connectivity index (χ2n) is 7.59. The molecule has 0 atom stereocenters. The number of carbonyl (C=O) groups is 1. The molecule has 1 aromatic carbocycles. The van der Waals surface area contributed by atoms with Gasteiger partial charge in [0.1, 0.15) is 17.6 Å². The fourth-order valence-corrected chi connectivity index (χ4v) is 4.88. The highest BCUT2D eigenvalue weighted by atomic mass is 35.5. The Morgan fingerprint density at radius 1 is 1.26 bits per heavy atom. The highest BCUT2D eigenvalue weighted by Crippen LogP contribution is 2.31. The van der Waals surface area contributed by atoms with Crippen LogP contribution in [0, 0.1) is 6.92 Å². The number of rotatable bonds is 4. The van der Waals surface area contributed by atoms with Crippen molar-refractivity contribution in [2.75, 3.05) is 23.3 Å². The summed E-state index contributed by atoms with van der Waals surface area (Å²) in [7, 11) is 0. The minimum absolute atomic E-state index is 0.217. The van der Waals surface area contributed by atoms with Crippen LogP contribution in [0.15, 0.2) is 29.3 Å². The highest BCUT2D eigenvalue weighted by Gasteiger charge is 2.20. The summed E-state index contributed by atoms with van der Waals surface area (Å²) >= 11 is 7.59. The Labute approximate surface area is 186 Å². The molecular formula is C20H20ClN7O2S. The van der Waals surface area contributed by atoms with E-state index in [9.17, 15) is 9.59 Å². The second kappa shape index (κ2) is 7.93. The predicted molar refractivity (Wildman–Crippen MR) is 121 cm³/mol. The van der Waals surface area contributed by atoms with E-state index in [1.54, 1.807) is 12.1 Å². The van der Waals surface area contributed by atoms with Crippen LogP contribution >= 0.6 is 22.9 Å². The van der Waals surface area contributed by atoms with E-state index in [0.717, 1.165) is 46.0 Å². The molecule has 1 fully saturated rings. The normalized spacial score (nSPS) is 14.5. The van der Waals surface area contributed by atoms with E-state index in [2.05, 4.69) is 25.3 Å². The van der Waals surface area contributed by atoms with Crippen LogP contribution in [0.3, 0.4) is 0 Å². The van der Waals surface area contributed by atoms with Gasteiger partial charge >= 0.3 is 5.69 Å². The van der Waals surface area contributed by atoms with Crippen LogP contribution in [0.5, 0.6) is 0 Å². The van der Waals surface area contributed by atoms with Crippen molar-refractivity contribution < 1.29 is 4.79 Å². The van der Waals surface area contributed by atoms with Gasteiger partial charge in [-0.15, -0.1) is 5.10 Å². The number of carbonyl (C=O) groups excluding carboxylic acids is 1. The molecule has 0 unspecified atom stereocenters. The van der Waals surface area contributed by atoms with Crippen molar-refractivity contribution in [3.8, 4) is 0 Å². The summed E-state index contributed by atoms with van der Waals surface area (Å²) in [6, 6.07) is 5.26. The average molecular weight is 458 g/mol. The minimum Gasteiger partial charge on any atom is -0.348 e. The number of piperidine rings is 1. The molecule has 4 heterocycles. The summed E-state index contributed by atoms with van der Waals surface area (Å²) in [4.78, 5) is 36.5. The van der Waals surface area contributed by atoms with Crippen LogP contribution in [0.1, 0.15) is 24.8 Å². The zero-order valence-electron chi connectivity index (χ0n) is 16.8. The van der Waals surface area contributed by atoms with Gasteiger partial charge in [0.15, 0.2) is 16.4 Å². The molecule has 0 saturated carbocycles. The lowest BCUT2D eigenvalue weighted by Gasteiger charge is -2.25. The number of halogens is 1. The Bertz CT molecular complexity index is 1350. The van der Waals surface area contributed by atoms with Crippen molar-refractivity contribution >= 4 is 55.7 Å². The molecule has 1 amide bonds. The summed E-state index contributed by atoms with van der Waals surface area (Å²) < 4.78 is 3.24. The number of aryl methyl sites for hydroxylation is 1. The predicted octanol–water partition coefficient (Wildman–Crippen LogP) is 3.09. The first-order valence-electron chi connectivity index (χ1n) is 10.1. The fourth-order valence-electron chi connectivity index (χ4n) is 3.66. The first-order chi connectivity index (χ1) is 15.0. The number of thiazole rings is 1. The third-order valence-corrected chi connectivity index (χ3v) is 6.85. The Morgan fingerprint density at radius 2 is 2.06 bits per heavy atom. The number of anilines is 2. The third kappa shape index (κ3) is 3.77. The molecule has 0 spiro atoms. The lowest BCUT2D eigenvalue weighted by molar-refractivity contribution is -0.117. The van der Waals surface area contributed by atoms with Crippen LogP contribution in [0.25, 0.3) is 16.0 Å². The smallest absolute Gasteiger partial charge is 0.348 e. The minimum atomic E-state index is -0.422. The van der Waals surface area contributed by atoms with Gasteiger partial charge in [-0.05, 0) is 43.9 Å². The summed E-state index contributed by atoms with van der Waals surface area (Å²) in [5.74, 6) is -0.368. The van der Waals surface area contributed by atoms with E-state index < -0.39 is 5.69 Å². The molecule has 0 radical (unpaired) electrons. The molecule has 1 N–H and O–H groups in total. The van der Waals surface area contributed by atoms with Crippen LogP contribution < -0.4 is 15.9 Å². The molecule has 1 aliphatic rings. The number of hydrogen-bond donors (Lipinski definition) is 1. The number of aromatic nitrogens is 5. The van der Waals surface area contributed by atoms with Gasteiger partial charge < -0.3 is 10.2 Å². The molecule has 3 aromatic heterocycles. The van der Waals surface area contributed by atoms with Gasteiger partial charge in [0.2, 0.25) is 5.91 Å². The lowest BCUT2D eigenvalue weighted by atomic mass is 10.1. The van der Waals surface area contributed by atoms with Gasteiger partial charge in [0.05, 0.1) is 0 Å². The largest absolute Gasteiger partial charge is 0.352 e. The molecule has 1 saturated heterocycles. The molecule has 160 valence electrons. The molecule has 31 heavy (non-hydrogen) atoms. The van der Waals surface area contributed by atoms with Gasteiger partial charge in [-0.25, -0.2) is 18.9 Å². The standard InChI is InChI=1S/C20H20ClN7O2S/c1-12-5-6-13(9-14(12)21)23-15(29)10-28-20(30)27-11-22-17-16(18(27)25-28)31-19(24-17)26-7-3-2-4-8-26/h5-6,9,11H,2-4,7-8,10H2,1H3,(H,23,29). The maximum atomic E-state index is 12.8. The van der Waals surface area contributed by atoms with Crippen LogP contribution in [-0.2, 0) is 11.3 Å². The molecule has 0 aliphatic carbocycles. The molecule has 0 bridgehead atoms. The van der Waals surface area contributed by atoms with E-state index in [1.807, 2.05) is 13.0 Å². The van der Waals surface area contributed by atoms with Crippen molar-refractivity contribution in [2.45, 2.75) is 32.7 Å². The quantitative estimate of drug-likeness (QED) is 0.505. The van der Waals surface area contributed by atoms with Crippen LogP contribution in [0.4, 0.5) is 10.8 Å². The Hall–Kier alpha value is -2.98. The van der Waals surface area contributed by atoms with Crippen molar-refractivity contribution in [1.82, 2.24) is 24.1 Å².